The van der Waals surface area contributed by atoms with E-state index in [0.717, 1.165) is 17.5 Å². The molecule has 0 fully saturated rings. The highest BCUT2D eigenvalue weighted by Crippen LogP contribution is 2.21. The van der Waals surface area contributed by atoms with Crippen molar-refractivity contribution in [3.05, 3.63) is 36.7 Å². The molecule has 5 nitrogen and oxygen atoms in total. The number of aromatic nitrogens is 2. The number of rotatable bonds is 3. The number of anilines is 1. The Bertz CT molecular complexity index is 642. The van der Waals surface area contributed by atoms with Crippen LogP contribution in [0.2, 0.25) is 0 Å². The van der Waals surface area contributed by atoms with Gasteiger partial charge in [-0.15, -0.1) is 0 Å². The van der Waals surface area contributed by atoms with Crippen LogP contribution < -0.4 is 4.90 Å². The standard InChI is InChI=1S/C12H15N3O2S/c1-14(2)11-6-4-10(5-7-11)12-13-8-9-15(12)18(3,16)17/h4-9H,1-3H3. The Labute approximate surface area is 107 Å². The molecule has 96 valence electrons. The fourth-order valence-corrected chi connectivity index (χ4v) is 2.41. The van der Waals surface area contributed by atoms with Gasteiger partial charge in [-0.3, -0.25) is 0 Å². The van der Waals surface area contributed by atoms with Crippen LogP contribution in [0.4, 0.5) is 5.69 Å². The zero-order valence-corrected chi connectivity index (χ0v) is 11.3. The van der Waals surface area contributed by atoms with Gasteiger partial charge in [-0.2, -0.15) is 0 Å². The molecule has 0 unspecified atom stereocenters. The molecule has 1 aromatic heterocycles. The van der Waals surface area contributed by atoms with E-state index in [-0.39, 0.29) is 0 Å². The quantitative estimate of drug-likeness (QED) is 0.842. The van der Waals surface area contributed by atoms with Crippen LogP contribution in [0.1, 0.15) is 0 Å². The summed E-state index contributed by atoms with van der Waals surface area (Å²) in [4.78, 5) is 6.08. The molecule has 6 heteroatoms. The van der Waals surface area contributed by atoms with Crippen LogP contribution in [-0.4, -0.2) is 37.7 Å². The van der Waals surface area contributed by atoms with E-state index < -0.39 is 10.0 Å². The van der Waals surface area contributed by atoms with Crippen molar-refractivity contribution in [2.45, 2.75) is 0 Å². The summed E-state index contributed by atoms with van der Waals surface area (Å²) >= 11 is 0. The molecule has 0 spiro atoms. The van der Waals surface area contributed by atoms with Gasteiger partial charge in [0.25, 0.3) is 0 Å². The highest BCUT2D eigenvalue weighted by atomic mass is 32.2. The van der Waals surface area contributed by atoms with Crippen LogP contribution in [0.25, 0.3) is 11.4 Å². The lowest BCUT2D eigenvalue weighted by atomic mass is 10.2. The fraction of sp³-hybridized carbons (Fsp3) is 0.250. The van der Waals surface area contributed by atoms with Crippen LogP contribution in [0.15, 0.2) is 36.7 Å². The molecule has 0 atom stereocenters. The second-order valence-corrected chi connectivity index (χ2v) is 6.11. The fourth-order valence-electron chi connectivity index (χ4n) is 1.67. The average molecular weight is 265 g/mol. The topological polar surface area (TPSA) is 55.2 Å². The van der Waals surface area contributed by atoms with Gasteiger partial charge >= 0.3 is 0 Å². The first-order valence-electron chi connectivity index (χ1n) is 5.41. The molecule has 1 heterocycles. The van der Waals surface area contributed by atoms with E-state index in [0.29, 0.717) is 5.82 Å². The summed E-state index contributed by atoms with van der Waals surface area (Å²) in [6, 6.07) is 7.58. The van der Waals surface area contributed by atoms with Gasteiger partial charge < -0.3 is 4.90 Å². The molecule has 0 amide bonds. The summed E-state index contributed by atoms with van der Waals surface area (Å²) in [5.74, 6) is 0.433. The van der Waals surface area contributed by atoms with Crippen LogP contribution in [0.5, 0.6) is 0 Å². The molecule has 1 aromatic carbocycles. The Hall–Kier alpha value is -1.82. The van der Waals surface area contributed by atoms with Crippen molar-refractivity contribution in [3.8, 4) is 11.4 Å². The Kier molecular flexibility index (Phi) is 3.13. The van der Waals surface area contributed by atoms with Gasteiger partial charge in [-0.25, -0.2) is 17.4 Å². The third-order valence-electron chi connectivity index (χ3n) is 2.61. The van der Waals surface area contributed by atoms with E-state index in [1.807, 2.05) is 43.3 Å². The maximum Gasteiger partial charge on any atom is 0.237 e. The molecule has 0 N–H and O–H groups in total. The maximum atomic E-state index is 11.6. The summed E-state index contributed by atoms with van der Waals surface area (Å²) in [5.41, 5.74) is 1.83. The van der Waals surface area contributed by atoms with Crippen LogP contribution >= 0.6 is 0 Å². The molecule has 2 rings (SSSR count). The van der Waals surface area contributed by atoms with Crippen LogP contribution in [0.3, 0.4) is 0 Å². The van der Waals surface area contributed by atoms with Crippen molar-refractivity contribution in [1.29, 1.82) is 0 Å². The highest BCUT2D eigenvalue weighted by Gasteiger charge is 2.13. The van der Waals surface area contributed by atoms with Crippen molar-refractivity contribution in [3.63, 3.8) is 0 Å². The molecule has 0 saturated carbocycles. The summed E-state index contributed by atoms with van der Waals surface area (Å²) < 4.78 is 24.3. The lowest BCUT2D eigenvalue weighted by Crippen LogP contribution is -2.11. The SMILES string of the molecule is CN(C)c1ccc(-c2nccn2S(C)(=O)=O)cc1. The summed E-state index contributed by atoms with van der Waals surface area (Å²) in [6.07, 6.45) is 4.09. The minimum atomic E-state index is -3.32. The first kappa shape index (κ1) is 12.6. The van der Waals surface area contributed by atoms with Gasteiger partial charge in [-0.05, 0) is 24.3 Å². The average Bonchev–Trinajstić information content (AvgIpc) is 2.77. The lowest BCUT2D eigenvalue weighted by Gasteiger charge is -2.12. The Morgan fingerprint density at radius 1 is 1.17 bits per heavy atom. The van der Waals surface area contributed by atoms with E-state index in [9.17, 15) is 8.42 Å². The largest absolute Gasteiger partial charge is 0.378 e. The third kappa shape index (κ3) is 2.38. The molecule has 18 heavy (non-hydrogen) atoms. The molecule has 0 radical (unpaired) electrons. The maximum absolute atomic E-state index is 11.6. The number of nitrogens with zero attached hydrogens (tertiary/aromatic N) is 3. The van der Waals surface area contributed by atoms with Crippen molar-refractivity contribution in [2.75, 3.05) is 25.3 Å². The highest BCUT2D eigenvalue weighted by molar-refractivity contribution is 7.89. The second kappa shape index (κ2) is 4.45. The smallest absolute Gasteiger partial charge is 0.237 e. The van der Waals surface area contributed by atoms with Crippen molar-refractivity contribution >= 4 is 15.7 Å². The first-order chi connectivity index (χ1) is 8.39. The summed E-state index contributed by atoms with van der Waals surface area (Å²) in [7, 11) is 0.581. The Balaban J connectivity index is 2.47. The molecule has 0 aliphatic rings. The number of benzene rings is 1. The first-order valence-corrected chi connectivity index (χ1v) is 7.26. The van der Waals surface area contributed by atoms with E-state index in [1.54, 1.807) is 0 Å². The van der Waals surface area contributed by atoms with Crippen LogP contribution in [0, 0.1) is 0 Å². The number of imidazole rings is 1. The Morgan fingerprint density at radius 3 is 2.28 bits per heavy atom. The van der Waals surface area contributed by atoms with E-state index in [2.05, 4.69) is 4.98 Å². The van der Waals surface area contributed by atoms with E-state index in [1.165, 1.54) is 16.4 Å². The minimum absolute atomic E-state index is 0.433. The molecule has 0 aliphatic carbocycles. The molecule has 0 aliphatic heterocycles. The van der Waals surface area contributed by atoms with Crippen molar-refractivity contribution < 1.29 is 8.42 Å². The van der Waals surface area contributed by atoms with Gasteiger partial charge in [0, 0.05) is 37.7 Å². The monoisotopic (exact) mass is 265 g/mol. The molecule has 0 bridgehead atoms. The van der Waals surface area contributed by atoms with Crippen LogP contribution in [-0.2, 0) is 10.0 Å². The number of hydrogen-bond acceptors (Lipinski definition) is 4. The molecular weight excluding hydrogens is 250 g/mol. The van der Waals surface area contributed by atoms with Crippen molar-refractivity contribution in [2.24, 2.45) is 0 Å². The predicted molar refractivity (Wildman–Crippen MR) is 72.2 cm³/mol. The second-order valence-electron chi connectivity index (χ2n) is 4.25. The summed E-state index contributed by atoms with van der Waals surface area (Å²) in [6.45, 7) is 0. The lowest BCUT2D eigenvalue weighted by molar-refractivity contribution is 0.594. The van der Waals surface area contributed by atoms with Gasteiger partial charge in [0.2, 0.25) is 10.0 Å². The molecule has 2 aromatic rings. The van der Waals surface area contributed by atoms with Gasteiger partial charge in [-0.1, -0.05) is 0 Å². The summed E-state index contributed by atoms with van der Waals surface area (Å²) in [5, 5.41) is 0. The third-order valence-corrected chi connectivity index (χ3v) is 3.62. The predicted octanol–water partition coefficient (Wildman–Crippen LogP) is 1.42. The van der Waals surface area contributed by atoms with Gasteiger partial charge in [0.05, 0.1) is 6.26 Å². The zero-order chi connectivity index (χ0) is 13.3. The van der Waals surface area contributed by atoms with Gasteiger partial charge in [0.1, 0.15) is 0 Å². The minimum Gasteiger partial charge on any atom is -0.378 e. The normalized spacial score (nSPS) is 11.5. The zero-order valence-electron chi connectivity index (χ0n) is 10.5. The number of hydrogen-bond donors (Lipinski definition) is 0. The van der Waals surface area contributed by atoms with Gasteiger partial charge in [0.15, 0.2) is 5.82 Å². The Morgan fingerprint density at radius 2 is 1.78 bits per heavy atom. The van der Waals surface area contributed by atoms with E-state index >= 15 is 0 Å². The molecule has 0 saturated heterocycles. The molecular formula is C12H15N3O2S. The van der Waals surface area contributed by atoms with E-state index in [4.69, 9.17) is 0 Å². The van der Waals surface area contributed by atoms with Crippen molar-refractivity contribution in [1.82, 2.24) is 8.96 Å².